The highest BCUT2D eigenvalue weighted by atomic mass is 79.9. The first-order chi connectivity index (χ1) is 8.99. The zero-order chi connectivity index (χ0) is 14.0. The van der Waals surface area contributed by atoms with E-state index < -0.39 is 5.97 Å². The number of rotatable bonds is 4. The Kier molecular flexibility index (Phi) is 4.04. The largest absolute Gasteiger partial charge is 0.481 e. The summed E-state index contributed by atoms with van der Waals surface area (Å²) in [5.74, 6) is -0.808. The van der Waals surface area contributed by atoms with Crippen LogP contribution in [-0.4, -0.2) is 21.3 Å². The molecule has 100 valence electrons. The van der Waals surface area contributed by atoms with Gasteiger partial charge in [0.05, 0.1) is 12.1 Å². The summed E-state index contributed by atoms with van der Waals surface area (Å²) in [5, 5.41) is 16.0. The van der Waals surface area contributed by atoms with Gasteiger partial charge in [-0.25, -0.2) is 0 Å². The Hall–Kier alpha value is -1.62. The molecular weight excluding hydrogens is 308 g/mol. The molecule has 0 aliphatic carbocycles. The first kappa shape index (κ1) is 13.8. The smallest absolute Gasteiger partial charge is 0.303 e. The lowest BCUT2D eigenvalue weighted by Crippen LogP contribution is -1.99. The van der Waals surface area contributed by atoms with Crippen molar-refractivity contribution in [1.29, 1.82) is 0 Å². The second-order valence-corrected chi connectivity index (χ2v) is 5.44. The summed E-state index contributed by atoms with van der Waals surface area (Å²) in [6, 6.07) is 6.06. The normalized spacial score (nSPS) is 10.7. The Balaban J connectivity index is 2.46. The number of aromatic amines is 1. The van der Waals surface area contributed by atoms with E-state index in [4.69, 9.17) is 5.11 Å². The van der Waals surface area contributed by atoms with Crippen LogP contribution in [0.25, 0.3) is 11.1 Å². The minimum atomic E-state index is -0.808. The third-order valence-corrected chi connectivity index (χ3v) is 3.56. The lowest BCUT2D eigenvalue weighted by Gasteiger charge is -2.08. The van der Waals surface area contributed by atoms with E-state index in [1.165, 1.54) is 0 Å². The van der Waals surface area contributed by atoms with E-state index in [1.807, 2.05) is 32.0 Å². The standard InChI is InChI=1S/C14H15BrN2O2/c1-8-3-4-10(15)7-11(8)14-9(2)16-17-12(14)5-6-13(18)19/h3-4,7H,5-6H2,1-2H3,(H,16,17)(H,18,19). The fourth-order valence-corrected chi connectivity index (χ4v) is 2.47. The highest BCUT2D eigenvalue weighted by Gasteiger charge is 2.15. The molecule has 2 rings (SSSR count). The molecule has 0 bridgehead atoms. The van der Waals surface area contributed by atoms with Gasteiger partial charge in [-0.2, -0.15) is 5.10 Å². The molecular formula is C14H15BrN2O2. The van der Waals surface area contributed by atoms with Gasteiger partial charge >= 0.3 is 5.97 Å². The number of H-pyrrole nitrogens is 1. The van der Waals surface area contributed by atoms with Crippen molar-refractivity contribution in [3.8, 4) is 11.1 Å². The van der Waals surface area contributed by atoms with Crippen LogP contribution in [0.15, 0.2) is 22.7 Å². The number of carboxylic acid groups (broad SMARTS) is 1. The molecule has 2 N–H and O–H groups in total. The van der Waals surface area contributed by atoms with Gasteiger partial charge in [0, 0.05) is 22.2 Å². The molecule has 0 saturated heterocycles. The summed E-state index contributed by atoms with van der Waals surface area (Å²) < 4.78 is 0.998. The van der Waals surface area contributed by atoms with E-state index in [1.54, 1.807) is 0 Å². The molecule has 0 spiro atoms. The number of carboxylic acids is 1. The van der Waals surface area contributed by atoms with E-state index in [2.05, 4.69) is 26.1 Å². The maximum Gasteiger partial charge on any atom is 0.303 e. The number of benzene rings is 1. The molecule has 0 aliphatic heterocycles. The number of carbonyl (C=O) groups is 1. The molecule has 1 heterocycles. The first-order valence-electron chi connectivity index (χ1n) is 6.01. The topological polar surface area (TPSA) is 66.0 Å². The minimum absolute atomic E-state index is 0.0876. The van der Waals surface area contributed by atoms with Gasteiger partial charge in [-0.15, -0.1) is 0 Å². The number of halogens is 1. The van der Waals surface area contributed by atoms with Gasteiger partial charge in [-0.05, 0) is 37.1 Å². The van der Waals surface area contributed by atoms with E-state index >= 15 is 0 Å². The molecule has 19 heavy (non-hydrogen) atoms. The number of nitrogens with zero attached hydrogens (tertiary/aromatic N) is 1. The van der Waals surface area contributed by atoms with E-state index in [0.29, 0.717) is 6.42 Å². The Labute approximate surface area is 120 Å². The summed E-state index contributed by atoms with van der Waals surface area (Å²) in [6.45, 7) is 3.99. The second-order valence-electron chi connectivity index (χ2n) is 4.52. The number of hydrogen-bond donors (Lipinski definition) is 2. The highest BCUT2D eigenvalue weighted by Crippen LogP contribution is 2.31. The summed E-state index contributed by atoms with van der Waals surface area (Å²) in [7, 11) is 0. The molecule has 0 saturated carbocycles. The number of nitrogens with one attached hydrogen (secondary N) is 1. The Bertz CT molecular complexity index is 620. The van der Waals surface area contributed by atoms with Crippen molar-refractivity contribution >= 4 is 21.9 Å². The summed E-state index contributed by atoms with van der Waals surface area (Å²) in [4.78, 5) is 10.7. The third-order valence-electron chi connectivity index (χ3n) is 3.07. The van der Waals surface area contributed by atoms with Crippen LogP contribution in [-0.2, 0) is 11.2 Å². The van der Waals surface area contributed by atoms with Crippen molar-refractivity contribution in [3.63, 3.8) is 0 Å². The van der Waals surface area contributed by atoms with Crippen molar-refractivity contribution in [2.45, 2.75) is 26.7 Å². The van der Waals surface area contributed by atoms with Gasteiger partial charge in [-0.1, -0.05) is 22.0 Å². The van der Waals surface area contributed by atoms with Crippen molar-refractivity contribution in [3.05, 3.63) is 39.6 Å². The average molecular weight is 323 g/mol. The van der Waals surface area contributed by atoms with Gasteiger partial charge < -0.3 is 5.11 Å². The van der Waals surface area contributed by atoms with E-state index in [9.17, 15) is 4.79 Å². The van der Waals surface area contributed by atoms with Crippen molar-refractivity contribution in [1.82, 2.24) is 10.2 Å². The number of hydrogen-bond acceptors (Lipinski definition) is 2. The van der Waals surface area contributed by atoms with Crippen LogP contribution >= 0.6 is 15.9 Å². The number of aromatic nitrogens is 2. The molecule has 4 nitrogen and oxygen atoms in total. The molecule has 0 unspecified atom stereocenters. The molecule has 0 fully saturated rings. The van der Waals surface area contributed by atoms with Crippen molar-refractivity contribution in [2.24, 2.45) is 0 Å². The lowest BCUT2D eigenvalue weighted by atomic mass is 9.97. The van der Waals surface area contributed by atoms with Crippen LogP contribution in [0.3, 0.4) is 0 Å². The quantitative estimate of drug-likeness (QED) is 0.905. The molecule has 0 amide bonds. The Morgan fingerprint density at radius 3 is 2.84 bits per heavy atom. The number of aryl methyl sites for hydroxylation is 3. The zero-order valence-electron chi connectivity index (χ0n) is 10.8. The monoisotopic (exact) mass is 322 g/mol. The maximum atomic E-state index is 10.7. The predicted molar refractivity (Wildman–Crippen MR) is 77.2 cm³/mol. The zero-order valence-corrected chi connectivity index (χ0v) is 12.4. The molecule has 5 heteroatoms. The summed E-state index contributed by atoms with van der Waals surface area (Å²) in [6.07, 6.45) is 0.519. The maximum absolute atomic E-state index is 10.7. The van der Waals surface area contributed by atoms with Gasteiger partial charge in [-0.3, -0.25) is 9.89 Å². The average Bonchev–Trinajstić information content (AvgIpc) is 2.71. The van der Waals surface area contributed by atoms with Crippen LogP contribution in [0.2, 0.25) is 0 Å². The Morgan fingerprint density at radius 2 is 2.16 bits per heavy atom. The van der Waals surface area contributed by atoms with Crippen LogP contribution in [0.4, 0.5) is 0 Å². The van der Waals surface area contributed by atoms with E-state index in [-0.39, 0.29) is 6.42 Å². The van der Waals surface area contributed by atoms with Crippen molar-refractivity contribution < 1.29 is 9.90 Å². The molecule has 1 aromatic heterocycles. The number of aliphatic carboxylic acids is 1. The predicted octanol–water partition coefficient (Wildman–Crippen LogP) is 3.47. The highest BCUT2D eigenvalue weighted by molar-refractivity contribution is 9.10. The van der Waals surface area contributed by atoms with Gasteiger partial charge in [0.25, 0.3) is 0 Å². The van der Waals surface area contributed by atoms with Crippen LogP contribution in [0.1, 0.15) is 23.4 Å². The lowest BCUT2D eigenvalue weighted by molar-refractivity contribution is -0.136. The molecule has 0 aliphatic rings. The fraction of sp³-hybridized carbons (Fsp3) is 0.286. The van der Waals surface area contributed by atoms with Crippen LogP contribution in [0.5, 0.6) is 0 Å². The molecule has 1 aromatic carbocycles. The van der Waals surface area contributed by atoms with Gasteiger partial charge in [0.1, 0.15) is 0 Å². The molecule has 0 radical (unpaired) electrons. The third kappa shape index (κ3) is 3.04. The summed E-state index contributed by atoms with van der Waals surface area (Å²) in [5.41, 5.74) is 5.01. The second kappa shape index (κ2) is 5.57. The Morgan fingerprint density at radius 1 is 1.42 bits per heavy atom. The summed E-state index contributed by atoms with van der Waals surface area (Å²) >= 11 is 3.47. The van der Waals surface area contributed by atoms with Gasteiger partial charge in [0.2, 0.25) is 0 Å². The minimum Gasteiger partial charge on any atom is -0.481 e. The first-order valence-corrected chi connectivity index (χ1v) is 6.80. The molecule has 2 aromatic rings. The van der Waals surface area contributed by atoms with Crippen LogP contribution < -0.4 is 0 Å². The fourth-order valence-electron chi connectivity index (χ4n) is 2.11. The van der Waals surface area contributed by atoms with Crippen LogP contribution in [0, 0.1) is 13.8 Å². The van der Waals surface area contributed by atoms with E-state index in [0.717, 1.165) is 32.6 Å². The molecule has 0 atom stereocenters. The SMILES string of the molecule is Cc1ccc(Br)cc1-c1c(CCC(=O)O)n[nH]c1C. The van der Waals surface area contributed by atoms with Crippen molar-refractivity contribution in [2.75, 3.05) is 0 Å². The van der Waals surface area contributed by atoms with Gasteiger partial charge in [0.15, 0.2) is 0 Å².